The Labute approximate surface area is 117 Å². The standard InChI is InChI=1S/C14H18N2O2S/c1-10(2)14-16-15-13(18-14)9-19-8-12-5-3-11(7-17)4-6-12/h3-6,10,17H,7-9H2,1-2H3. The van der Waals surface area contributed by atoms with Crippen LogP contribution >= 0.6 is 11.8 Å². The predicted molar refractivity (Wildman–Crippen MR) is 75.8 cm³/mol. The first-order chi connectivity index (χ1) is 9.19. The molecule has 0 unspecified atom stereocenters. The first-order valence-corrected chi connectivity index (χ1v) is 7.43. The van der Waals surface area contributed by atoms with Gasteiger partial charge in [0, 0.05) is 11.7 Å². The molecule has 0 aliphatic heterocycles. The third kappa shape index (κ3) is 4.08. The maximum Gasteiger partial charge on any atom is 0.226 e. The van der Waals surface area contributed by atoms with Crippen molar-refractivity contribution in [2.75, 3.05) is 0 Å². The molecule has 0 spiro atoms. The van der Waals surface area contributed by atoms with Crippen LogP contribution in [0.1, 0.15) is 42.7 Å². The highest BCUT2D eigenvalue weighted by atomic mass is 32.2. The Morgan fingerprint density at radius 2 is 1.79 bits per heavy atom. The van der Waals surface area contributed by atoms with Gasteiger partial charge >= 0.3 is 0 Å². The first-order valence-electron chi connectivity index (χ1n) is 6.27. The fourth-order valence-corrected chi connectivity index (χ4v) is 2.38. The number of hydrogen-bond acceptors (Lipinski definition) is 5. The second kappa shape index (κ2) is 6.73. The molecule has 19 heavy (non-hydrogen) atoms. The monoisotopic (exact) mass is 278 g/mol. The molecule has 1 aromatic heterocycles. The summed E-state index contributed by atoms with van der Waals surface area (Å²) in [4.78, 5) is 0. The Kier molecular flexibility index (Phi) is 4.99. The van der Waals surface area contributed by atoms with Gasteiger partial charge in [-0.1, -0.05) is 38.1 Å². The minimum Gasteiger partial charge on any atom is -0.424 e. The summed E-state index contributed by atoms with van der Waals surface area (Å²) in [5.74, 6) is 3.27. The van der Waals surface area contributed by atoms with Crippen LogP contribution in [0.15, 0.2) is 28.7 Å². The molecule has 0 aliphatic rings. The van der Waals surface area contributed by atoms with E-state index in [9.17, 15) is 0 Å². The minimum atomic E-state index is 0.0907. The second-order valence-electron chi connectivity index (χ2n) is 4.66. The summed E-state index contributed by atoms with van der Waals surface area (Å²) in [6, 6.07) is 7.96. The van der Waals surface area contributed by atoms with Crippen LogP contribution in [0, 0.1) is 0 Å². The van der Waals surface area contributed by atoms with E-state index in [-0.39, 0.29) is 12.5 Å². The van der Waals surface area contributed by atoms with Crippen LogP contribution in [0.4, 0.5) is 0 Å². The average molecular weight is 278 g/mol. The van der Waals surface area contributed by atoms with Gasteiger partial charge in [-0.25, -0.2) is 0 Å². The number of hydrogen-bond donors (Lipinski definition) is 1. The highest BCUT2D eigenvalue weighted by Crippen LogP contribution is 2.19. The molecule has 1 aromatic carbocycles. The molecule has 1 N–H and O–H groups in total. The summed E-state index contributed by atoms with van der Waals surface area (Å²) in [6.07, 6.45) is 0. The molecule has 102 valence electrons. The molecule has 0 saturated heterocycles. The molecule has 0 radical (unpaired) electrons. The van der Waals surface area contributed by atoms with Crippen molar-refractivity contribution in [2.24, 2.45) is 0 Å². The Morgan fingerprint density at radius 3 is 2.37 bits per heavy atom. The maximum atomic E-state index is 8.97. The van der Waals surface area contributed by atoms with Crippen molar-refractivity contribution in [3.8, 4) is 0 Å². The molecular formula is C14H18N2O2S. The Hall–Kier alpha value is -1.33. The third-order valence-corrected chi connectivity index (χ3v) is 3.66. The molecule has 0 fully saturated rings. The summed E-state index contributed by atoms with van der Waals surface area (Å²) in [5.41, 5.74) is 2.16. The summed E-state index contributed by atoms with van der Waals surface area (Å²) in [5, 5.41) is 17.0. The van der Waals surface area contributed by atoms with E-state index < -0.39 is 0 Å². The molecular weight excluding hydrogens is 260 g/mol. The summed E-state index contributed by atoms with van der Waals surface area (Å²) < 4.78 is 5.54. The van der Waals surface area contributed by atoms with E-state index in [0.717, 1.165) is 17.1 Å². The molecule has 4 nitrogen and oxygen atoms in total. The number of rotatable bonds is 6. The van der Waals surface area contributed by atoms with Crippen LogP contribution < -0.4 is 0 Å². The zero-order valence-electron chi connectivity index (χ0n) is 11.2. The number of aliphatic hydroxyl groups is 1. The SMILES string of the molecule is CC(C)c1nnc(CSCc2ccc(CO)cc2)o1. The van der Waals surface area contributed by atoms with Crippen LogP contribution in [-0.4, -0.2) is 15.3 Å². The number of nitrogens with zero attached hydrogens (tertiary/aromatic N) is 2. The first kappa shape index (κ1) is 14.1. The minimum absolute atomic E-state index is 0.0907. The van der Waals surface area contributed by atoms with Crippen molar-refractivity contribution < 1.29 is 9.52 Å². The van der Waals surface area contributed by atoms with Gasteiger partial charge in [-0.05, 0) is 11.1 Å². The second-order valence-corrected chi connectivity index (χ2v) is 5.64. The van der Waals surface area contributed by atoms with E-state index in [2.05, 4.69) is 10.2 Å². The van der Waals surface area contributed by atoms with Gasteiger partial charge in [0.1, 0.15) is 0 Å². The van der Waals surface area contributed by atoms with Gasteiger partial charge in [0.05, 0.1) is 12.4 Å². The number of benzene rings is 1. The quantitative estimate of drug-likeness (QED) is 0.879. The lowest BCUT2D eigenvalue weighted by molar-refractivity contribution is 0.282. The van der Waals surface area contributed by atoms with Crippen molar-refractivity contribution >= 4 is 11.8 Å². The fourth-order valence-electron chi connectivity index (χ4n) is 1.56. The predicted octanol–water partition coefficient (Wildman–Crippen LogP) is 3.12. The highest BCUT2D eigenvalue weighted by molar-refractivity contribution is 7.97. The van der Waals surface area contributed by atoms with Crippen molar-refractivity contribution in [3.05, 3.63) is 47.2 Å². The Morgan fingerprint density at radius 1 is 1.11 bits per heavy atom. The Balaban J connectivity index is 1.81. The normalized spacial score (nSPS) is 11.2. The lowest BCUT2D eigenvalue weighted by atomic mass is 10.2. The van der Waals surface area contributed by atoms with Crippen molar-refractivity contribution in [3.63, 3.8) is 0 Å². The molecule has 0 saturated carbocycles. The van der Waals surface area contributed by atoms with Gasteiger partial charge in [-0.3, -0.25) is 0 Å². The third-order valence-electron chi connectivity index (χ3n) is 2.68. The van der Waals surface area contributed by atoms with E-state index in [1.807, 2.05) is 38.1 Å². The molecule has 2 rings (SSSR count). The molecule has 0 bridgehead atoms. The van der Waals surface area contributed by atoms with Crippen LogP contribution in [-0.2, 0) is 18.1 Å². The van der Waals surface area contributed by atoms with E-state index in [1.165, 1.54) is 5.56 Å². The number of thioether (sulfide) groups is 1. The van der Waals surface area contributed by atoms with Crippen molar-refractivity contribution in [1.29, 1.82) is 0 Å². The van der Waals surface area contributed by atoms with E-state index >= 15 is 0 Å². The number of aliphatic hydroxyl groups excluding tert-OH is 1. The van der Waals surface area contributed by atoms with Gasteiger partial charge in [0.15, 0.2) is 0 Å². The van der Waals surface area contributed by atoms with Gasteiger partial charge < -0.3 is 9.52 Å². The molecule has 2 aromatic rings. The average Bonchev–Trinajstić information content (AvgIpc) is 2.89. The fraction of sp³-hybridized carbons (Fsp3) is 0.429. The van der Waals surface area contributed by atoms with Gasteiger partial charge in [0.2, 0.25) is 11.8 Å². The van der Waals surface area contributed by atoms with E-state index in [4.69, 9.17) is 9.52 Å². The van der Waals surface area contributed by atoms with Gasteiger partial charge in [-0.15, -0.1) is 22.0 Å². The molecule has 5 heteroatoms. The largest absolute Gasteiger partial charge is 0.424 e. The lowest BCUT2D eigenvalue weighted by Crippen LogP contribution is -1.86. The van der Waals surface area contributed by atoms with E-state index in [1.54, 1.807) is 11.8 Å². The molecule has 0 atom stereocenters. The zero-order valence-corrected chi connectivity index (χ0v) is 12.0. The van der Waals surface area contributed by atoms with Crippen LogP contribution in [0.25, 0.3) is 0 Å². The molecule has 0 aliphatic carbocycles. The summed E-state index contributed by atoms with van der Waals surface area (Å²) in [6.45, 7) is 4.16. The Bertz CT molecular complexity index is 508. The van der Waals surface area contributed by atoms with Crippen LogP contribution in [0.5, 0.6) is 0 Å². The number of aromatic nitrogens is 2. The zero-order chi connectivity index (χ0) is 13.7. The van der Waals surface area contributed by atoms with Gasteiger partial charge in [0.25, 0.3) is 0 Å². The van der Waals surface area contributed by atoms with Crippen molar-refractivity contribution in [1.82, 2.24) is 10.2 Å². The van der Waals surface area contributed by atoms with Crippen molar-refractivity contribution in [2.45, 2.75) is 37.9 Å². The maximum absolute atomic E-state index is 8.97. The lowest BCUT2D eigenvalue weighted by Gasteiger charge is -2.01. The van der Waals surface area contributed by atoms with Gasteiger partial charge in [-0.2, -0.15) is 0 Å². The topological polar surface area (TPSA) is 59.2 Å². The summed E-state index contributed by atoms with van der Waals surface area (Å²) >= 11 is 1.74. The summed E-state index contributed by atoms with van der Waals surface area (Å²) in [7, 11) is 0. The van der Waals surface area contributed by atoms with Crippen LogP contribution in [0.3, 0.4) is 0 Å². The van der Waals surface area contributed by atoms with E-state index in [0.29, 0.717) is 11.8 Å². The highest BCUT2D eigenvalue weighted by Gasteiger charge is 2.09. The van der Waals surface area contributed by atoms with Crippen LogP contribution in [0.2, 0.25) is 0 Å². The molecule has 0 amide bonds. The molecule has 1 heterocycles. The smallest absolute Gasteiger partial charge is 0.226 e.